The van der Waals surface area contributed by atoms with E-state index in [4.69, 9.17) is 9.26 Å². The molecule has 3 heterocycles. The van der Waals surface area contributed by atoms with E-state index in [1.165, 1.54) is 6.20 Å². The van der Waals surface area contributed by atoms with Gasteiger partial charge < -0.3 is 9.26 Å². The SMILES string of the molecule is Cc1cnc(F)c(-c2nc(-c3ccc(Oc4ncccn4)cc3)no2)c1. The van der Waals surface area contributed by atoms with E-state index in [9.17, 15) is 4.39 Å². The number of ether oxygens (including phenoxy) is 1. The Kier molecular flexibility index (Phi) is 4.06. The molecule has 0 atom stereocenters. The van der Waals surface area contributed by atoms with Gasteiger partial charge in [0.15, 0.2) is 0 Å². The van der Waals surface area contributed by atoms with E-state index in [1.807, 2.05) is 6.92 Å². The number of benzene rings is 1. The molecule has 0 fully saturated rings. The van der Waals surface area contributed by atoms with Gasteiger partial charge in [-0.3, -0.25) is 0 Å². The van der Waals surface area contributed by atoms with Crippen LogP contribution in [0.25, 0.3) is 22.8 Å². The van der Waals surface area contributed by atoms with Gasteiger partial charge in [0.05, 0.1) is 5.56 Å². The first-order chi connectivity index (χ1) is 12.7. The fourth-order valence-electron chi connectivity index (χ4n) is 2.27. The third kappa shape index (κ3) is 3.25. The molecule has 0 N–H and O–H groups in total. The molecule has 0 unspecified atom stereocenters. The van der Waals surface area contributed by atoms with Crippen molar-refractivity contribution in [2.75, 3.05) is 0 Å². The van der Waals surface area contributed by atoms with Crippen LogP contribution in [0.2, 0.25) is 0 Å². The minimum absolute atomic E-state index is 0.0757. The van der Waals surface area contributed by atoms with Crippen molar-refractivity contribution in [3.05, 3.63) is 66.5 Å². The van der Waals surface area contributed by atoms with Gasteiger partial charge in [-0.05, 0) is 48.9 Å². The Labute approximate surface area is 147 Å². The van der Waals surface area contributed by atoms with Gasteiger partial charge in [0.25, 0.3) is 5.89 Å². The third-order valence-corrected chi connectivity index (χ3v) is 3.50. The highest BCUT2D eigenvalue weighted by molar-refractivity contribution is 5.60. The van der Waals surface area contributed by atoms with Crippen LogP contribution in [-0.2, 0) is 0 Å². The van der Waals surface area contributed by atoms with Gasteiger partial charge >= 0.3 is 6.01 Å². The zero-order valence-corrected chi connectivity index (χ0v) is 13.6. The highest BCUT2D eigenvalue weighted by Gasteiger charge is 2.15. The Balaban J connectivity index is 1.57. The molecule has 0 radical (unpaired) electrons. The molecular formula is C18H12FN5O2. The average Bonchev–Trinajstić information content (AvgIpc) is 3.15. The number of hydrogen-bond acceptors (Lipinski definition) is 7. The lowest BCUT2D eigenvalue weighted by atomic mass is 10.2. The number of aryl methyl sites for hydroxylation is 1. The molecule has 3 aromatic heterocycles. The van der Waals surface area contributed by atoms with Gasteiger partial charge in [-0.25, -0.2) is 15.0 Å². The lowest BCUT2D eigenvalue weighted by Crippen LogP contribution is -1.91. The molecule has 0 spiro atoms. The average molecular weight is 349 g/mol. The van der Waals surface area contributed by atoms with Gasteiger partial charge in [-0.1, -0.05) is 5.16 Å². The zero-order chi connectivity index (χ0) is 17.9. The van der Waals surface area contributed by atoms with Crippen LogP contribution < -0.4 is 4.74 Å². The third-order valence-electron chi connectivity index (χ3n) is 3.50. The summed E-state index contributed by atoms with van der Waals surface area (Å²) in [6.07, 6.45) is 4.62. The molecule has 26 heavy (non-hydrogen) atoms. The van der Waals surface area contributed by atoms with Gasteiger partial charge in [0, 0.05) is 24.2 Å². The van der Waals surface area contributed by atoms with Crippen molar-refractivity contribution in [2.24, 2.45) is 0 Å². The summed E-state index contributed by atoms with van der Waals surface area (Å²) in [6.45, 7) is 1.81. The highest BCUT2D eigenvalue weighted by Crippen LogP contribution is 2.26. The summed E-state index contributed by atoms with van der Waals surface area (Å²) in [5, 5.41) is 3.90. The van der Waals surface area contributed by atoms with E-state index in [0.29, 0.717) is 17.1 Å². The molecule has 4 rings (SSSR count). The van der Waals surface area contributed by atoms with Crippen molar-refractivity contribution >= 4 is 0 Å². The van der Waals surface area contributed by atoms with Crippen LogP contribution in [0.15, 0.2) is 59.5 Å². The molecule has 0 bridgehead atoms. The number of rotatable bonds is 4. The Morgan fingerprint density at radius 3 is 2.58 bits per heavy atom. The summed E-state index contributed by atoms with van der Waals surface area (Å²) in [7, 11) is 0. The topological polar surface area (TPSA) is 86.8 Å². The molecule has 0 aliphatic rings. The number of nitrogens with zero attached hydrogens (tertiary/aromatic N) is 5. The summed E-state index contributed by atoms with van der Waals surface area (Å²) in [6, 6.07) is 10.6. The molecule has 1 aromatic carbocycles. The maximum absolute atomic E-state index is 13.9. The molecule has 128 valence electrons. The van der Waals surface area contributed by atoms with Gasteiger partial charge in [-0.2, -0.15) is 9.37 Å². The second-order valence-corrected chi connectivity index (χ2v) is 5.43. The van der Waals surface area contributed by atoms with Crippen LogP contribution in [0, 0.1) is 12.9 Å². The largest absolute Gasteiger partial charge is 0.424 e. The standard InChI is InChI=1S/C18H12FN5O2/c1-11-9-14(15(19)22-10-11)17-23-16(24-26-17)12-3-5-13(6-4-12)25-18-20-7-2-8-21-18/h2-10H,1H3. The van der Waals surface area contributed by atoms with E-state index >= 15 is 0 Å². The Morgan fingerprint density at radius 1 is 1.04 bits per heavy atom. The van der Waals surface area contributed by atoms with Crippen LogP contribution in [0.5, 0.6) is 11.8 Å². The number of halogens is 1. The lowest BCUT2D eigenvalue weighted by Gasteiger charge is -2.03. The first-order valence-corrected chi connectivity index (χ1v) is 7.70. The quantitative estimate of drug-likeness (QED) is 0.517. The normalized spacial score (nSPS) is 10.7. The monoisotopic (exact) mass is 349 g/mol. The predicted molar refractivity (Wildman–Crippen MR) is 89.8 cm³/mol. The van der Waals surface area contributed by atoms with Crippen molar-refractivity contribution in [1.29, 1.82) is 0 Å². The first kappa shape index (κ1) is 15.8. The van der Waals surface area contributed by atoms with E-state index in [-0.39, 0.29) is 17.5 Å². The van der Waals surface area contributed by atoms with Crippen LogP contribution in [-0.4, -0.2) is 25.1 Å². The Bertz CT molecular complexity index is 1040. The summed E-state index contributed by atoms with van der Waals surface area (Å²) < 4.78 is 24.6. The van der Waals surface area contributed by atoms with Crippen LogP contribution in [0.3, 0.4) is 0 Å². The molecule has 0 saturated carbocycles. The van der Waals surface area contributed by atoms with Crippen molar-refractivity contribution in [2.45, 2.75) is 6.92 Å². The van der Waals surface area contributed by atoms with Gasteiger partial charge in [-0.15, -0.1) is 0 Å². The number of pyridine rings is 1. The molecule has 0 amide bonds. The summed E-state index contributed by atoms with van der Waals surface area (Å²) in [5.74, 6) is 0.324. The van der Waals surface area contributed by atoms with E-state index in [0.717, 1.165) is 5.56 Å². The minimum atomic E-state index is -0.655. The minimum Gasteiger partial charge on any atom is -0.424 e. The van der Waals surface area contributed by atoms with Crippen LogP contribution in [0.4, 0.5) is 4.39 Å². The van der Waals surface area contributed by atoms with Crippen molar-refractivity contribution in [3.63, 3.8) is 0 Å². The molecule has 7 nitrogen and oxygen atoms in total. The predicted octanol–water partition coefficient (Wildman–Crippen LogP) is 3.83. The molecule has 4 aromatic rings. The second kappa shape index (κ2) is 6.67. The maximum atomic E-state index is 13.9. The molecular weight excluding hydrogens is 337 g/mol. The maximum Gasteiger partial charge on any atom is 0.321 e. The van der Waals surface area contributed by atoms with Gasteiger partial charge in [0.2, 0.25) is 11.8 Å². The first-order valence-electron chi connectivity index (χ1n) is 7.70. The van der Waals surface area contributed by atoms with Crippen LogP contribution in [0.1, 0.15) is 5.56 Å². The Hall–Kier alpha value is -3.68. The number of aromatic nitrogens is 5. The zero-order valence-electron chi connectivity index (χ0n) is 13.6. The fourth-order valence-corrected chi connectivity index (χ4v) is 2.27. The number of hydrogen-bond donors (Lipinski definition) is 0. The summed E-state index contributed by atoms with van der Waals surface area (Å²) >= 11 is 0. The van der Waals surface area contributed by atoms with E-state index in [2.05, 4.69) is 25.1 Å². The molecule has 0 saturated heterocycles. The fraction of sp³-hybridized carbons (Fsp3) is 0.0556. The molecule has 8 heteroatoms. The van der Waals surface area contributed by atoms with Crippen LogP contribution >= 0.6 is 0 Å². The molecule has 0 aliphatic heterocycles. The van der Waals surface area contributed by atoms with Crippen molar-refractivity contribution in [3.8, 4) is 34.6 Å². The van der Waals surface area contributed by atoms with Crippen molar-refractivity contribution < 1.29 is 13.7 Å². The second-order valence-electron chi connectivity index (χ2n) is 5.43. The van der Waals surface area contributed by atoms with E-state index in [1.54, 1.807) is 48.8 Å². The van der Waals surface area contributed by atoms with Gasteiger partial charge in [0.1, 0.15) is 5.75 Å². The van der Waals surface area contributed by atoms with E-state index < -0.39 is 5.95 Å². The smallest absolute Gasteiger partial charge is 0.321 e. The summed E-state index contributed by atoms with van der Waals surface area (Å²) in [4.78, 5) is 15.9. The highest BCUT2D eigenvalue weighted by atomic mass is 19.1. The Morgan fingerprint density at radius 2 is 1.81 bits per heavy atom. The summed E-state index contributed by atoms with van der Waals surface area (Å²) in [5.41, 5.74) is 1.66. The molecule has 0 aliphatic carbocycles. The lowest BCUT2D eigenvalue weighted by molar-refractivity contribution is 0.428. The van der Waals surface area contributed by atoms with Crippen molar-refractivity contribution in [1.82, 2.24) is 25.1 Å².